The number of hydrogen-bond donors (Lipinski definition) is 2. The second-order valence-electron chi connectivity index (χ2n) is 3.34. The van der Waals surface area contributed by atoms with Crippen molar-refractivity contribution in [3.8, 4) is 0 Å². The molecule has 0 spiro atoms. The maximum atomic E-state index is 4.98. The van der Waals surface area contributed by atoms with Crippen molar-refractivity contribution in [2.45, 2.75) is 46.6 Å². The van der Waals surface area contributed by atoms with E-state index in [4.69, 9.17) is 4.74 Å². The van der Waals surface area contributed by atoms with Gasteiger partial charge in [-0.25, -0.2) is 0 Å². The first-order chi connectivity index (χ1) is 7.35. The summed E-state index contributed by atoms with van der Waals surface area (Å²) >= 11 is 0. The Kier molecular flexibility index (Phi) is 18.8. The van der Waals surface area contributed by atoms with Crippen molar-refractivity contribution in [1.29, 1.82) is 0 Å². The van der Waals surface area contributed by atoms with Crippen LogP contribution in [0.3, 0.4) is 0 Å². The zero-order valence-corrected chi connectivity index (χ0v) is 11.2. The van der Waals surface area contributed by atoms with Crippen LogP contribution >= 0.6 is 0 Å². The number of nitrogens with one attached hydrogen (secondary N) is 2. The van der Waals surface area contributed by atoms with Crippen LogP contribution in [0.2, 0.25) is 0 Å². The zero-order valence-electron chi connectivity index (χ0n) is 11.2. The van der Waals surface area contributed by atoms with Crippen molar-refractivity contribution in [3.63, 3.8) is 0 Å². The molecular weight excluding hydrogens is 188 g/mol. The summed E-state index contributed by atoms with van der Waals surface area (Å²) in [6.45, 7) is 12.4. The molecule has 3 heteroatoms. The molecule has 0 amide bonds. The fourth-order valence-corrected chi connectivity index (χ4v) is 1.18. The van der Waals surface area contributed by atoms with Gasteiger partial charge in [-0.3, -0.25) is 0 Å². The number of hydrogen-bond acceptors (Lipinski definition) is 3. The van der Waals surface area contributed by atoms with E-state index in [0.717, 1.165) is 32.7 Å². The van der Waals surface area contributed by atoms with Gasteiger partial charge in [0.05, 0.1) is 0 Å². The lowest BCUT2D eigenvalue weighted by Crippen LogP contribution is -2.48. The van der Waals surface area contributed by atoms with Gasteiger partial charge in [0.1, 0.15) is 0 Å². The number of methoxy groups -OCH3 is 1. The lowest BCUT2D eigenvalue weighted by molar-refractivity contribution is 0.179. The van der Waals surface area contributed by atoms with Crippen LogP contribution in [0, 0.1) is 0 Å². The quantitative estimate of drug-likeness (QED) is 0.760. The van der Waals surface area contributed by atoms with Gasteiger partial charge in [0, 0.05) is 39.4 Å². The van der Waals surface area contributed by atoms with Crippen LogP contribution in [0.15, 0.2) is 0 Å². The first-order valence-electron chi connectivity index (χ1n) is 6.28. The third kappa shape index (κ3) is 13.9. The second kappa shape index (κ2) is 16.3. The molecule has 1 aliphatic rings. The average molecular weight is 218 g/mol. The van der Waals surface area contributed by atoms with Gasteiger partial charge < -0.3 is 15.4 Å². The summed E-state index contributed by atoms with van der Waals surface area (Å²) in [6.07, 6.45) is 2.36. The van der Waals surface area contributed by atoms with E-state index in [0.29, 0.717) is 6.04 Å². The highest BCUT2D eigenvalue weighted by Gasteiger charge is 2.10. The molecule has 0 bridgehead atoms. The number of rotatable bonds is 3. The van der Waals surface area contributed by atoms with Gasteiger partial charge in [-0.2, -0.15) is 0 Å². The van der Waals surface area contributed by atoms with Crippen molar-refractivity contribution in [3.05, 3.63) is 0 Å². The molecule has 0 aromatic heterocycles. The van der Waals surface area contributed by atoms with E-state index in [1.54, 1.807) is 7.11 Å². The highest BCUT2D eigenvalue weighted by Crippen LogP contribution is 1.93. The molecule has 1 atom stereocenters. The minimum absolute atomic E-state index is 0.619. The zero-order chi connectivity index (χ0) is 11.9. The fourth-order valence-electron chi connectivity index (χ4n) is 1.18. The summed E-state index contributed by atoms with van der Waals surface area (Å²) in [5.41, 5.74) is 0. The second-order valence-corrected chi connectivity index (χ2v) is 3.34. The van der Waals surface area contributed by atoms with E-state index >= 15 is 0 Å². The molecule has 94 valence electrons. The predicted molar refractivity (Wildman–Crippen MR) is 68.5 cm³/mol. The first-order valence-corrected chi connectivity index (χ1v) is 6.28. The van der Waals surface area contributed by atoms with Crippen LogP contribution in [0.4, 0.5) is 0 Å². The third-order valence-corrected chi connectivity index (χ3v) is 1.80. The van der Waals surface area contributed by atoms with Crippen LogP contribution in [0.25, 0.3) is 0 Å². The topological polar surface area (TPSA) is 33.3 Å². The van der Waals surface area contributed by atoms with E-state index in [1.807, 2.05) is 13.8 Å². The minimum atomic E-state index is 0.619. The number of ether oxygens (including phenoxy) is 1. The summed E-state index contributed by atoms with van der Waals surface area (Å²) in [7, 11) is 1.75. The summed E-state index contributed by atoms with van der Waals surface area (Å²) in [5, 5.41) is 6.74. The minimum Gasteiger partial charge on any atom is -0.385 e. The summed E-state index contributed by atoms with van der Waals surface area (Å²) in [6, 6.07) is 0.619. The lowest BCUT2D eigenvalue weighted by Gasteiger charge is -2.23. The van der Waals surface area contributed by atoms with Gasteiger partial charge in [-0.1, -0.05) is 34.1 Å². The van der Waals surface area contributed by atoms with E-state index in [1.165, 1.54) is 6.42 Å². The molecule has 1 fully saturated rings. The van der Waals surface area contributed by atoms with Gasteiger partial charge >= 0.3 is 0 Å². The maximum absolute atomic E-state index is 4.98. The van der Waals surface area contributed by atoms with Crippen LogP contribution in [-0.4, -0.2) is 39.4 Å². The van der Waals surface area contributed by atoms with Crippen LogP contribution in [-0.2, 0) is 4.74 Å². The average Bonchev–Trinajstić information content (AvgIpc) is 2.31. The Hall–Kier alpha value is -0.120. The molecule has 3 nitrogen and oxygen atoms in total. The number of piperazine rings is 1. The van der Waals surface area contributed by atoms with E-state index in [9.17, 15) is 0 Å². The predicted octanol–water partition coefficient (Wildman–Crippen LogP) is 2.03. The Morgan fingerprint density at radius 1 is 1.20 bits per heavy atom. The molecule has 0 aliphatic carbocycles. The molecular formula is C12H30N2O. The van der Waals surface area contributed by atoms with Gasteiger partial charge in [0.25, 0.3) is 0 Å². The third-order valence-electron chi connectivity index (χ3n) is 1.80. The highest BCUT2D eigenvalue weighted by molar-refractivity contribution is 4.74. The molecule has 1 unspecified atom stereocenters. The van der Waals surface area contributed by atoms with Gasteiger partial charge in [0.2, 0.25) is 0 Å². The standard InChI is InChI=1S/C7H16N2O.C3H8.C2H6/c1-10-5-2-7-6-8-3-4-9-7;1-3-2;1-2/h7-9H,2-6H2,1H3;3H2,1-2H3;1-2H3. The van der Waals surface area contributed by atoms with Crippen molar-refractivity contribution < 1.29 is 4.74 Å². The van der Waals surface area contributed by atoms with Crippen LogP contribution in [0.5, 0.6) is 0 Å². The molecule has 15 heavy (non-hydrogen) atoms. The first kappa shape index (κ1) is 17.3. The normalized spacial score (nSPS) is 19.4. The molecule has 0 aromatic rings. The SMILES string of the molecule is CC.CCC.COCCC1CNCCN1. The Labute approximate surface area is 96.0 Å². The van der Waals surface area contributed by atoms with E-state index in [-0.39, 0.29) is 0 Å². The van der Waals surface area contributed by atoms with Crippen molar-refractivity contribution >= 4 is 0 Å². The molecule has 0 radical (unpaired) electrons. The van der Waals surface area contributed by atoms with Crippen LogP contribution in [0.1, 0.15) is 40.5 Å². The summed E-state index contributed by atoms with van der Waals surface area (Å²) < 4.78 is 4.98. The fraction of sp³-hybridized carbons (Fsp3) is 1.00. The molecule has 1 aliphatic heterocycles. The largest absolute Gasteiger partial charge is 0.385 e. The Morgan fingerprint density at radius 3 is 2.20 bits per heavy atom. The maximum Gasteiger partial charge on any atom is 0.0477 e. The van der Waals surface area contributed by atoms with Gasteiger partial charge in [0.15, 0.2) is 0 Å². The molecule has 1 heterocycles. The molecule has 2 N–H and O–H groups in total. The lowest BCUT2D eigenvalue weighted by atomic mass is 10.2. The van der Waals surface area contributed by atoms with E-state index < -0.39 is 0 Å². The summed E-state index contributed by atoms with van der Waals surface area (Å²) in [5.74, 6) is 0. The monoisotopic (exact) mass is 218 g/mol. The Morgan fingerprint density at radius 2 is 1.80 bits per heavy atom. The Bertz CT molecular complexity index is 93.6. The van der Waals surface area contributed by atoms with Crippen molar-refractivity contribution in [2.75, 3.05) is 33.4 Å². The molecule has 1 rings (SSSR count). The van der Waals surface area contributed by atoms with Crippen LogP contribution < -0.4 is 10.6 Å². The smallest absolute Gasteiger partial charge is 0.0477 e. The molecule has 0 saturated carbocycles. The van der Waals surface area contributed by atoms with Gasteiger partial charge in [-0.05, 0) is 6.42 Å². The highest BCUT2D eigenvalue weighted by atomic mass is 16.5. The van der Waals surface area contributed by atoms with Crippen molar-refractivity contribution in [1.82, 2.24) is 10.6 Å². The van der Waals surface area contributed by atoms with Gasteiger partial charge in [-0.15, -0.1) is 0 Å². The van der Waals surface area contributed by atoms with E-state index in [2.05, 4.69) is 24.5 Å². The molecule has 0 aromatic carbocycles. The molecule has 1 saturated heterocycles. The Balaban J connectivity index is 0. The summed E-state index contributed by atoms with van der Waals surface area (Å²) in [4.78, 5) is 0. The van der Waals surface area contributed by atoms with Crippen molar-refractivity contribution in [2.24, 2.45) is 0 Å².